The number of aliphatic imine (C=N–C) groups is 1. The summed E-state index contributed by atoms with van der Waals surface area (Å²) in [4.78, 5) is 15.9. The topological polar surface area (TPSA) is 117 Å². The Bertz CT molecular complexity index is 361. The summed E-state index contributed by atoms with van der Waals surface area (Å²) in [6.07, 6.45) is -1.66. The molecule has 0 spiro atoms. The van der Waals surface area contributed by atoms with Gasteiger partial charge in [0.1, 0.15) is 6.10 Å². The van der Waals surface area contributed by atoms with Gasteiger partial charge in [-0.1, -0.05) is 0 Å². The van der Waals surface area contributed by atoms with E-state index in [0.717, 1.165) is 0 Å². The van der Waals surface area contributed by atoms with Gasteiger partial charge in [0.25, 0.3) is 0 Å². The molecular weight excluding hydrogens is 228 g/mol. The fourth-order valence-corrected chi connectivity index (χ4v) is 2.02. The lowest BCUT2D eigenvalue weighted by atomic mass is 10.2. The number of nitrogens with zero attached hydrogens (tertiary/aromatic N) is 2. The summed E-state index contributed by atoms with van der Waals surface area (Å²) in [6.45, 7) is -0.113. The molecule has 0 radical (unpaired) electrons. The van der Waals surface area contributed by atoms with Crippen LogP contribution in [0.15, 0.2) is 4.99 Å². The SMILES string of the molecule is C[N+]1([C@H]2CC(O)[C@@H](CO)O2)CN=C(N)NC1=O. The first kappa shape index (κ1) is 12.2. The number of aliphatic hydroxyl groups is 2. The van der Waals surface area contributed by atoms with Crippen molar-refractivity contribution >= 4 is 12.0 Å². The Morgan fingerprint density at radius 2 is 2.41 bits per heavy atom. The van der Waals surface area contributed by atoms with Crippen LogP contribution >= 0.6 is 0 Å². The van der Waals surface area contributed by atoms with E-state index in [0.29, 0.717) is 0 Å². The highest BCUT2D eigenvalue weighted by atomic mass is 16.5. The highest BCUT2D eigenvalue weighted by Gasteiger charge is 2.50. The van der Waals surface area contributed by atoms with Crippen molar-refractivity contribution in [3.63, 3.8) is 0 Å². The zero-order valence-corrected chi connectivity index (χ0v) is 9.54. The van der Waals surface area contributed by atoms with Gasteiger partial charge in [0, 0.05) is 0 Å². The number of carbonyl (C=O) groups is 1. The molecule has 0 aromatic carbocycles. The second kappa shape index (κ2) is 4.22. The van der Waals surface area contributed by atoms with Gasteiger partial charge in [-0.05, 0) is 0 Å². The highest BCUT2D eigenvalue weighted by molar-refractivity contribution is 5.93. The Balaban J connectivity index is 2.15. The van der Waals surface area contributed by atoms with Gasteiger partial charge in [-0.15, -0.1) is 0 Å². The van der Waals surface area contributed by atoms with E-state index in [4.69, 9.17) is 15.6 Å². The fourth-order valence-electron chi connectivity index (χ4n) is 2.02. The van der Waals surface area contributed by atoms with Gasteiger partial charge >= 0.3 is 6.03 Å². The number of hydrogen-bond acceptors (Lipinski definition) is 6. The number of guanidine groups is 1. The van der Waals surface area contributed by atoms with Gasteiger partial charge in [-0.3, -0.25) is 0 Å². The molecule has 1 saturated heterocycles. The van der Waals surface area contributed by atoms with Gasteiger partial charge in [-0.2, -0.15) is 9.48 Å². The van der Waals surface area contributed by atoms with Crippen molar-refractivity contribution in [3.8, 4) is 0 Å². The van der Waals surface area contributed by atoms with E-state index in [1.165, 1.54) is 0 Å². The average Bonchev–Trinajstić information content (AvgIpc) is 2.66. The normalized spacial score (nSPS) is 42.2. The van der Waals surface area contributed by atoms with Crippen LogP contribution in [0.4, 0.5) is 4.79 Å². The van der Waals surface area contributed by atoms with E-state index >= 15 is 0 Å². The van der Waals surface area contributed by atoms with E-state index in [2.05, 4.69) is 10.3 Å². The van der Waals surface area contributed by atoms with Crippen molar-refractivity contribution in [2.75, 3.05) is 20.3 Å². The largest absolute Gasteiger partial charge is 0.426 e. The van der Waals surface area contributed by atoms with E-state index in [1.54, 1.807) is 7.05 Å². The standard InChI is InChI=1S/C9H16N4O4/c1-13(4-11-8(10)12-9(13)16)7-2-5(15)6(3-14)17-7/h5-7,14-15H,2-4H2,1H3,(H2-,10,11,12,16)/p+1/t5?,6-,7-,13?/m1/s1. The summed E-state index contributed by atoms with van der Waals surface area (Å²) < 4.78 is 5.34. The van der Waals surface area contributed by atoms with Crippen LogP contribution < -0.4 is 11.1 Å². The molecule has 96 valence electrons. The molecule has 0 aromatic rings. The third kappa shape index (κ3) is 2.00. The predicted octanol–water partition coefficient (Wildman–Crippen LogP) is -2.10. The number of urea groups is 1. The molecule has 0 bridgehead atoms. The molecule has 8 heteroatoms. The molecular formula is C9H17N4O4+. The molecule has 4 atom stereocenters. The van der Waals surface area contributed by atoms with Crippen LogP contribution in [0.5, 0.6) is 0 Å². The third-order valence-corrected chi connectivity index (χ3v) is 3.25. The Hall–Kier alpha value is -1.22. The van der Waals surface area contributed by atoms with Crippen molar-refractivity contribution in [2.24, 2.45) is 10.7 Å². The zero-order chi connectivity index (χ0) is 12.6. The van der Waals surface area contributed by atoms with Crippen LogP contribution in [0, 0.1) is 0 Å². The lowest BCUT2D eigenvalue weighted by Gasteiger charge is -2.36. The minimum absolute atomic E-state index is 0.0860. The van der Waals surface area contributed by atoms with Crippen LogP contribution in [-0.4, -0.2) is 65.4 Å². The number of nitrogens with two attached hydrogens (primary N) is 1. The van der Waals surface area contributed by atoms with Gasteiger partial charge in [-0.25, -0.2) is 10.1 Å². The van der Waals surface area contributed by atoms with E-state index in [9.17, 15) is 9.90 Å². The first-order valence-corrected chi connectivity index (χ1v) is 5.38. The maximum Gasteiger partial charge on any atom is 0.426 e. The Morgan fingerprint density at radius 3 is 2.94 bits per heavy atom. The maximum atomic E-state index is 11.9. The van der Waals surface area contributed by atoms with Crippen molar-refractivity contribution < 1.29 is 24.2 Å². The first-order valence-electron chi connectivity index (χ1n) is 5.38. The van der Waals surface area contributed by atoms with E-state index in [1.807, 2.05) is 0 Å². The smallest absolute Gasteiger partial charge is 0.394 e. The van der Waals surface area contributed by atoms with Crippen LogP contribution in [0.25, 0.3) is 0 Å². The van der Waals surface area contributed by atoms with E-state index in [-0.39, 0.29) is 36.2 Å². The minimum atomic E-state index is -0.768. The minimum Gasteiger partial charge on any atom is -0.394 e. The molecule has 0 aromatic heterocycles. The molecule has 2 rings (SSSR count). The highest BCUT2D eigenvalue weighted by Crippen LogP contribution is 2.28. The summed E-state index contributed by atoms with van der Waals surface area (Å²) in [5.74, 6) is 0.0860. The van der Waals surface area contributed by atoms with Crippen LogP contribution in [0.1, 0.15) is 6.42 Å². The summed E-state index contributed by atoms with van der Waals surface area (Å²) in [6, 6.07) is -0.326. The summed E-state index contributed by atoms with van der Waals surface area (Å²) >= 11 is 0. The molecule has 2 aliphatic heterocycles. The lowest BCUT2D eigenvalue weighted by molar-refractivity contribution is -0.880. The predicted molar refractivity (Wildman–Crippen MR) is 57.6 cm³/mol. The quantitative estimate of drug-likeness (QED) is 0.416. The van der Waals surface area contributed by atoms with Crippen molar-refractivity contribution in [3.05, 3.63) is 0 Å². The second-order valence-corrected chi connectivity index (χ2v) is 4.50. The second-order valence-electron chi connectivity index (χ2n) is 4.50. The first-order chi connectivity index (χ1) is 7.97. The molecule has 8 nitrogen and oxygen atoms in total. The van der Waals surface area contributed by atoms with Crippen molar-refractivity contribution in [1.29, 1.82) is 0 Å². The van der Waals surface area contributed by atoms with Gasteiger partial charge in [0.05, 0.1) is 26.2 Å². The molecule has 2 aliphatic rings. The monoisotopic (exact) mass is 245 g/mol. The number of hydrogen-bond donors (Lipinski definition) is 4. The third-order valence-electron chi connectivity index (χ3n) is 3.25. The van der Waals surface area contributed by atoms with Gasteiger partial charge in [0.15, 0.2) is 6.67 Å². The summed E-state index contributed by atoms with van der Waals surface area (Å²) in [5, 5.41) is 21.1. The lowest BCUT2D eigenvalue weighted by Crippen LogP contribution is -2.65. The summed E-state index contributed by atoms with van der Waals surface area (Å²) in [7, 11) is 1.66. The Morgan fingerprint density at radius 1 is 1.71 bits per heavy atom. The number of quaternary nitrogens is 1. The number of rotatable bonds is 2. The van der Waals surface area contributed by atoms with Crippen molar-refractivity contribution in [2.45, 2.75) is 24.9 Å². The van der Waals surface area contributed by atoms with E-state index < -0.39 is 18.4 Å². The van der Waals surface area contributed by atoms with Gasteiger partial charge in [0.2, 0.25) is 12.2 Å². The van der Waals surface area contributed by atoms with Crippen LogP contribution in [-0.2, 0) is 4.74 Å². The Labute approximate surface area is 98.3 Å². The number of aliphatic hydroxyl groups excluding tert-OH is 2. The average molecular weight is 245 g/mol. The number of nitrogens with one attached hydrogen (secondary N) is 1. The molecule has 0 saturated carbocycles. The molecule has 2 amide bonds. The van der Waals surface area contributed by atoms with Crippen molar-refractivity contribution in [1.82, 2.24) is 5.32 Å². The molecule has 5 N–H and O–H groups in total. The molecule has 17 heavy (non-hydrogen) atoms. The zero-order valence-electron chi connectivity index (χ0n) is 9.54. The molecule has 2 heterocycles. The molecule has 2 unspecified atom stereocenters. The van der Waals surface area contributed by atoms with Crippen LogP contribution in [0.2, 0.25) is 0 Å². The number of amides is 2. The molecule has 1 fully saturated rings. The fraction of sp³-hybridized carbons (Fsp3) is 0.778. The number of carbonyl (C=O) groups excluding carboxylic acids is 1. The Kier molecular flexibility index (Phi) is 3.04. The van der Waals surface area contributed by atoms with Gasteiger partial charge < -0.3 is 20.7 Å². The summed E-state index contributed by atoms with van der Waals surface area (Å²) in [5.41, 5.74) is 5.40. The number of ether oxygens (including phenoxy) is 1. The van der Waals surface area contributed by atoms with Crippen LogP contribution in [0.3, 0.4) is 0 Å². The maximum absolute atomic E-state index is 11.9. The molecule has 0 aliphatic carbocycles.